The number of carbonyl (C=O) groups is 1. The second-order valence-corrected chi connectivity index (χ2v) is 6.86. The Labute approximate surface area is 125 Å². The van der Waals surface area contributed by atoms with Gasteiger partial charge in [0.05, 0.1) is 4.90 Å². The molecule has 1 saturated heterocycles. The zero-order valence-corrected chi connectivity index (χ0v) is 12.8. The highest BCUT2D eigenvalue weighted by atomic mass is 32.2. The highest BCUT2D eigenvalue weighted by molar-refractivity contribution is 7.89. The second kappa shape index (κ2) is 6.38. The minimum atomic E-state index is -3.46. The molecule has 1 heterocycles. The molecular formula is C14H19N3O3S. The maximum absolute atomic E-state index is 12.5. The van der Waals surface area contributed by atoms with Crippen LogP contribution in [0.1, 0.15) is 0 Å². The number of amides is 1. The molecule has 0 unspecified atom stereocenters. The first-order chi connectivity index (χ1) is 9.93. The summed E-state index contributed by atoms with van der Waals surface area (Å²) in [7, 11) is -1.49. The maximum Gasteiger partial charge on any atom is 0.247 e. The molecular weight excluding hydrogens is 290 g/mol. The minimum absolute atomic E-state index is 0.239. The molecule has 1 aromatic carbocycles. The van der Waals surface area contributed by atoms with Gasteiger partial charge in [0, 0.05) is 31.9 Å². The predicted molar refractivity (Wildman–Crippen MR) is 81.5 cm³/mol. The molecule has 0 aromatic heterocycles. The van der Waals surface area contributed by atoms with E-state index in [1.165, 1.54) is 16.4 Å². The third-order valence-corrected chi connectivity index (χ3v) is 5.32. The lowest BCUT2D eigenvalue weighted by atomic mass is 10.3. The van der Waals surface area contributed by atoms with Gasteiger partial charge in [-0.25, -0.2) is 8.42 Å². The first kappa shape index (κ1) is 15.7. The van der Waals surface area contributed by atoms with Crippen molar-refractivity contribution in [1.29, 1.82) is 0 Å². The van der Waals surface area contributed by atoms with Crippen molar-refractivity contribution in [2.24, 2.45) is 0 Å². The molecule has 1 amide bonds. The van der Waals surface area contributed by atoms with Crippen LogP contribution < -0.4 is 5.32 Å². The molecule has 1 fully saturated rings. The van der Waals surface area contributed by atoms with E-state index < -0.39 is 10.0 Å². The Morgan fingerprint density at radius 2 is 1.76 bits per heavy atom. The van der Waals surface area contributed by atoms with E-state index in [4.69, 9.17) is 0 Å². The largest absolute Gasteiger partial charge is 0.323 e. The van der Waals surface area contributed by atoms with Crippen LogP contribution in [-0.4, -0.2) is 56.8 Å². The Morgan fingerprint density at radius 1 is 1.19 bits per heavy atom. The van der Waals surface area contributed by atoms with Gasteiger partial charge in [-0.1, -0.05) is 6.58 Å². The highest BCUT2D eigenvalue weighted by Gasteiger charge is 2.27. The number of carbonyl (C=O) groups excluding carboxylic acids is 1. The molecule has 7 heteroatoms. The first-order valence-electron chi connectivity index (χ1n) is 6.65. The van der Waals surface area contributed by atoms with Crippen LogP contribution in [0.2, 0.25) is 0 Å². The lowest BCUT2D eigenvalue weighted by Gasteiger charge is -2.31. The van der Waals surface area contributed by atoms with Gasteiger partial charge in [-0.05, 0) is 37.4 Å². The van der Waals surface area contributed by atoms with E-state index >= 15 is 0 Å². The van der Waals surface area contributed by atoms with Crippen LogP contribution in [-0.2, 0) is 14.8 Å². The quantitative estimate of drug-likeness (QED) is 0.833. The number of piperazine rings is 1. The lowest BCUT2D eigenvalue weighted by Crippen LogP contribution is -2.46. The summed E-state index contributed by atoms with van der Waals surface area (Å²) in [5, 5.41) is 2.58. The van der Waals surface area contributed by atoms with Crippen molar-refractivity contribution in [3.8, 4) is 0 Å². The SMILES string of the molecule is C=CC(=O)Nc1ccc(S(=O)(=O)N2CCN(C)CC2)cc1. The number of rotatable bonds is 4. The molecule has 1 N–H and O–H groups in total. The number of hydrogen-bond acceptors (Lipinski definition) is 4. The van der Waals surface area contributed by atoms with Crippen LogP contribution in [0.3, 0.4) is 0 Å². The van der Waals surface area contributed by atoms with Crippen molar-refractivity contribution in [3.63, 3.8) is 0 Å². The van der Waals surface area contributed by atoms with Crippen molar-refractivity contribution in [2.75, 3.05) is 38.5 Å². The van der Waals surface area contributed by atoms with Crippen LogP contribution in [0.4, 0.5) is 5.69 Å². The Hall–Kier alpha value is -1.70. The second-order valence-electron chi connectivity index (χ2n) is 4.93. The van der Waals surface area contributed by atoms with Crippen LogP contribution in [0.5, 0.6) is 0 Å². The molecule has 0 radical (unpaired) electrons. The van der Waals surface area contributed by atoms with Crippen LogP contribution in [0, 0.1) is 0 Å². The molecule has 0 atom stereocenters. The first-order valence-corrected chi connectivity index (χ1v) is 8.09. The van der Waals surface area contributed by atoms with Crippen molar-refractivity contribution in [3.05, 3.63) is 36.9 Å². The zero-order chi connectivity index (χ0) is 15.5. The fourth-order valence-electron chi connectivity index (χ4n) is 2.08. The van der Waals surface area contributed by atoms with Gasteiger partial charge in [-0.3, -0.25) is 4.79 Å². The Kier molecular flexibility index (Phi) is 4.76. The van der Waals surface area contributed by atoms with Gasteiger partial charge in [0.2, 0.25) is 15.9 Å². The van der Waals surface area contributed by atoms with E-state index in [0.29, 0.717) is 18.8 Å². The van der Waals surface area contributed by atoms with Gasteiger partial charge in [0.25, 0.3) is 0 Å². The molecule has 0 saturated carbocycles. The molecule has 2 rings (SSSR count). The number of sulfonamides is 1. The van der Waals surface area contributed by atoms with E-state index in [0.717, 1.165) is 19.2 Å². The number of likely N-dealkylation sites (N-methyl/N-ethyl adjacent to an activating group) is 1. The fraction of sp³-hybridized carbons (Fsp3) is 0.357. The Balaban J connectivity index is 2.13. The molecule has 114 valence electrons. The Bertz CT molecular complexity index is 617. The van der Waals surface area contributed by atoms with Crippen LogP contribution >= 0.6 is 0 Å². The van der Waals surface area contributed by atoms with Crippen molar-refractivity contribution >= 4 is 21.6 Å². The topological polar surface area (TPSA) is 69.7 Å². The van der Waals surface area contributed by atoms with E-state index in [2.05, 4.69) is 16.8 Å². The minimum Gasteiger partial charge on any atom is -0.323 e. The zero-order valence-electron chi connectivity index (χ0n) is 11.9. The number of hydrogen-bond donors (Lipinski definition) is 1. The van der Waals surface area contributed by atoms with Gasteiger partial charge in [-0.15, -0.1) is 0 Å². The normalized spacial score (nSPS) is 17.4. The van der Waals surface area contributed by atoms with Crippen molar-refractivity contribution < 1.29 is 13.2 Å². The summed E-state index contributed by atoms with van der Waals surface area (Å²) in [5.74, 6) is -0.329. The van der Waals surface area contributed by atoms with Gasteiger partial charge >= 0.3 is 0 Å². The number of nitrogens with zero attached hydrogens (tertiary/aromatic N) is 2. The molecule has 21 heavy (non-hydrogen) atoms. The predicted octanol–water partition coefficient (Wildman–Crippen LogP) is 0.747. The number of benzene rings is 1. The molecule has 1 aliphatic heterocycles. The monoisotopic (exact) mass is 309 g/mol. The average molecular weight is 309 g/mol. The summed E-state index contributed by atoms with van der Waals surface area (Å²) in [4.78, 5) is 13.5. The van der Waals surface area contributed by atoms with E-state index in [9.17, 15) is 13.2 Å². The molecule has 1 aliphatic rings. The summed E-state index contributed by atoms with van der Waals surface area (Å²) < 4.78 is 26.5. The lowest BCUT2D eigenvalue weighted by molar-refractivity contribution is -0.111. The van der Waals surface area contributed by atoms with Gasteiger partial charge in [0.15, 0.2) is 0 Å². The molecule has 6 nitrogen and oxygen atoms in total. The smallest absolute Gasteiger partial charge is 0.247 e. The average Bonchev–Trinajstić information content (AvgIpc) is 2.48. The highest BCUT2D eigenvalue weighted by Crippen LogP contribution is 2.19. The van der Waals surface area contributed by atoms with Gasteiger partial charge in [0.1, 0.15) is 0 Å². The van der Waals surface area contributed by atoms with Crippen molar-refractivity contribution in [1.82, 2.24) is 9.21 Å². The molecule has 0 bridgehead atoms. The van der Waals surface area contributed by atoms with E-state index in [1.807, 2.05) is 7.05 Å². The van der Waals surface area contributed by atoms with Crippen LogP contribution in [0.25, 0.3) is 0 Å². The summed E-state index contributed by atoms with van der Waals surface area (Å²) in [6.07, 6.45) is 1.16. The number of anilines is 1. The van der Waals surface area contributed by atoms with Crippen LogP contribution in [0.15, 0.2) is 41.8 Å². The van der Waals surface area contributed by atoms with Gasteiger partial charge < -0.3 is 10.2 Å². The maximum atomic E-state index is 12.5. The summed E-state index contributed by atoms with van der Waals surface area (Å²) in [6.45, 7) is 5.81. The third kappa shape index (κ3) is 3.69. The Morgan fingerprint density at radius 3 is 2.29 bits per heavy atom. The summed E-state index contributed by atoms with van der Waals surface area (Å²) in [6, 6.07) is 6.16. The van der Waals surface area contributed by atoms with E-state index in [1.54, 1.807) is 12.1 Å². The summed E-state index contributed by atoms with van der Waals surface area (Å²) in [5.41, 5.74) is 0.539. The van der Waals surface area contributed by atoms with E-state index in [-0.39, 0.29) is 10.8 Å². The summed E-state index contributed by atoms with van der Waals surface area (Å²) >= 11 is 0. The molecule has 0 spiro atoms. The molecule has 1 aromatic rings. The van der Waals surface area contributed by atoms with Gasteiger partial charge in [-0.2, -0.15) is 4.31 Å². The molecule has 0 aliphatic carbocycles. The number of nitrogens with one attached hydrogen (secondary N) is 1. The third-order valence-electron chi connectivity index (χ3n) is 3.41. The fourth-order valence-corrected chi connectivity index (χ4v) is 3.50. The standard InChI is InChI=1S/C14H19N3O3S/c1-3-14(18)15-12-4-6-13(7-5-12)21(19,20)17-10-8-16(2)9-11-17/h3-7H,1,8-11H2,2H3,(H,15,18). The van der Waals surface area contributed by atoms with Crippen molar-refractivity contribution in [2.45, 2.75) is 4.90 Å².